The molecule has 0 bridgehead atoms. The highest BCUT2D eigenvalue weighted by atomic mass is 16.5. The molecule has 1 rings (SSSR count). The summed E-state index contributed by atoms with van der Waals surface area (Å²) in [4.78, 5) is 16.8. The first-order valence-electron chi connectivity index (χ1n) is 7.14. The van der Waals surface area contributed by atoms with Gasteiger partial charge in [0.1, 0.15) is 5.54 Å². The maximum Gasteiger partial charge on any atom is 0.327 e. The van der Waals surface area contributed by atoms with Crippen LogP contribution in [-0.4, -0.2) is 74.2 Å². The van der Waals surface area contributed by atoms with Gasteiger partial charge in [-0.2, -0.15) is 0 Å². The van der Waals surface area contributed by atoms with E-state index in [4.69, 9.17) is 4.74 Å². The lowest BCUT2D eigenvalue weighted by Gasteiger charge is -2.35. The van der Waals surface area contributed by atoms with Crippen molar-refractivity contribution in [1.29, 1.82) is 0 Å². The van der Waals surface area contributed by atoms with E-state index in [-0.39, 0.29) is 12.0 Å². The lowest BCUT2D eigenvalue weighted by atomic mass is 10.00. The summed E-state index contributed by atoms with van der Waals surface area (Å²) in [7, 11) is 3.61. The molecule has 1 fully saturated rings. The molecule has 19 heavy (non-hydrogen) atoms. The van der Waals surface area contributed by atoms with Crippen molar-refractivity contribution < 1.29 is 9.53 Å². The minimum absolute atomic E-state index is 0.182. The predicted molar refractivity (Wildman–Crippen MR) is 77.2 cm³/mol. The van der Waals surface area contributed by atoms with Crippen molar-refractivity contribution in [3.63, 3.8) is 0 Å². The maximum atomic E-state index is 12.1. The van der Waals surface area contributed by atoms with E-state index in [1.54, 1.807) is 0 Å². The van der Waals surface area contributed by atoms with Gasteiger partial charge in [0, 0.05) is 25.7 Å². The van der Waals surface area contributed by atoms with Crippen molar-refractivity contribution >= 4 is 5.97 Å². The van der Waals surface area contributed by atoms with Crippen molar-refractivity contribution in [3.05, 3.63) is 0 Å². The number of likely N-dealkylation sites (N-methyl/N-ethyl adjacent to an activating group) is 1. The van der Waals surface area contributed by atoms with Crippen LogP contribution in [0.3, 0.4) is 0 Å². The zero-order valence-corrected chi connectivity index (χ0v) is 13.0. The fourth-order valence-electron chi connectivity index (χ4n) is 2.74. The second kappa shape index (κ2) is 7.22. The summed E-state index contributed by atoms with van der Waals surface area (Å²) < 4.78 is 4.97. The Morgan fingerprint density at radius 1 is 1.32 bits per heavy atom. The minimum atomic E-state index is -0.633. The topological polar surface area (TPSA) is 44.8 Å². The summed E-state index contributed by atoms with van der Waals surface area (Å²) in [5.74, 6) is -0.182. The highest BCUT2D eigenvalue weighted by Gasteiger charge is 2.36. The van der Waals surface area contributed by atoms with Gasteiger partial charge in [0.25, 0.3) is 0 Å². The van der Waals surface area contributed by atoms with Crippen LogP contribution in [0, 0.1) is 0 Å². The molecule has 1 heterocycles. The van der Waals surface area contributed by atoms with Crippen LogP contribution in [0.4, 0.5) is 0 Å². The van der Waals surface area contributed by atoms with Gasteiger partial charge in [0.05, 0.1) is 7.11 Å². The summed E-state index contributed by atoms with van der Waals surface area (Å²) in [6.45, 7) is 11.0. The van der Waals surface area contributed by atoms with Crippen molar-refractivity contribution in [3.8, 4) is 0 Å². The summed E-state index contributed by atoms with van der Waals surface area (Å²) in [5.41, 5.74) is -0.633. The van der Waals surface area contributed by atoms with Crippen LogP contribution in [-0.2, 0) is 9.53 Å². The average molecular weight is 271 g/mol. The number of ether oxygens (including phenoxy) is 1. The molecule has 0 saturated carbocycles. The molecule has 1 atom stereocenters. The van der Waals surface area contributed by atoms with E-state index >= 15 is 0 Å². The molecule has 1 aliphatic rings. The second-order valence-electron chi connectivity index (χ2n) is 6.06. The zero-order valence-electron chi connectivity index (χ0n) is 13.0. The molecular weight excluding hydrogens is 242 g/mol. The Balaban J connectivity index is 2.68. The number of hydrogen-bond acceptors (Lipinski definition) is 5. The number of rotatable bonds is 5. The number of methoxy groups -OCH3 is 1. The summed E-state index contributed by atoms with van der Waals surface area (Å²) in [6, 6.07) is 0.249. The van der Waals surface area contributed by atoms with Gasteiger partial charge in [0.15, 0.2) is 0 Å². The first-order valence-corrected chi connectivity index (χ1v) is 7.14. The zero-order chi connectivity index (χ0) is 14.5. The fourth-order valence-corrected chi connectivity index (χ4v) is 2.74. The molecule has 0 amide bonds. The van der Waals surface area contributed by atoms with Gasteiger partial charge in [-0.3, -0.25) is 15.0 Å². The van der Waals surface area contributed by atoms with Gasteiger partial charge in [0.2, 0.25) is 0 Å². The fraction of sp³-hybridized carbons (Fsp3) is 0.929. The number of esters is 1. The molecule has 0 aromatic carbocycles. The normalized spacial score (nSPS) is 22.0. The van der Waals surface area contributed by atoms with E-state index < -0.39 is 5.54 Å². The molecule has 0 aromatic heterocycles. The number of hydrogen-bond donors (Lipinski definition) is 1. The Kier molecular flexibility index (Phi) is 6.23. The Morgan fingerprint density at radius 2 is 2.00 bits per heavy atom. The molecule has 0 spiro atoms. The smallest absolute Gasteiger partial charge is 0.327 e. The molecule has 1 saturated heterocycles. The largest absolute Gasteiger partial charge is 0.468 e. The Hall–Kier alpha value is -0.650. The van der Waals surface area contributed by atoms with Crippen LogP contribution in [0.25, 0.3) is 0 Å². The molecule has 112 valence electrons. The third-order valence-electron chi connectivity index (χ3n) is 3.60. The van der Waals surface area contributed by atoms with Gasteiger partial charge in [-0.25, -0.2) is 0 Å². The van der Waals surface area contributed by atoms with Crippen molar-refractivity contribution in [1.82, 2.24) is 15.1 Å². The van der Waals surface area contributed by atoms with Gasteiger partial charge >= 0.3 is 5.97 Å². The molecule has 5 nitrogen and oxygen atoms in total. The van der Waals surface area contributed by atoms with Crippen LogP contribution < -0.4 is 5.32 Å². The lowest BCUT2D eigenvalue weighted by molar-refractivity contribution is -0.149. The van der Waals surface area contributed by atoms with E-state index in [2.05, 4.69) is 36.0 Å². The number of carbonyl (C=O) groups is 1. The van der Waals surface area contributed by atoms with E-state index in [9.17, 15) is 4.79 Å². The Morgan fingerprint density at radius 3 is 2.58 bits per heavy atom. The van der Waals surface area contributed by atoms with Crippen molar-refractivity contribution in [2.45, 2.75) is 38.8 Å². The highest BCUT2D eigenvalue weighted by molar-refractivity contribution is 5.80. The number of carbonyl (C=O) groups excluding carboxylic acids is 1. The van der Waals surface area contributed by atoms with E-state index in [0.29, 0.717) is 6.54 Å². The average Bonchev–Trinajstić information content (AvgIpc) is 2.52. The molecular formula is C14H29N3O2. The molecule has 1 unspecified atom stereocenters. The first-order chi connectivity index (χ1) is 8.87. The summed E-state index contributed by atoms with van der Waals surface area (Å²) >= 11 is 0. The van der Waals surface area contributed by atoms with Gasteiger partial charge in [-0.05, 0) is 47.3 Å². The molecule has 5 heteroatoms. The van der Waals surface area contributed by atoms with Crippen LogP contribution in [0.2, 0.25) is 0 Å². The van der Waals surface area contributed by atoms with Crippen LogP contribution in [0.5, 0.6) is 0 Å². The quantitative estimate of drug-likeness (QED) is 0.740. The lowest BCUT2D eigenvalue weighted by Crippen LogP contribution is -2.59. The summed E-state index contributed by atoms with van der Waals surface area (Å²) in [5, 5.41) is 3.36. The van der Waals surface area contributed by atoms with Gasteiger partial charge in [-0.1, -0.05) is 0 Å². The van der Waals surface area contributed by atoms with E-state index in [1.807, 2.05) is 6.92 Å². The monoisotopic (exact) mass is 271 g/mol. The third kappa shape index (κ3) is 5.09. The first kappa shape index (κ1) is 16.4. The third-order valence-corrected chi connectivity index (χ3v) is 3.60. The van der Waals surface area contributed by atoms with E-state index in [0.717, 1.165) is 32.6 Å². The van der Waals surface area contributed by atoms with Crippen LogP contribution in [0.1, 0.15) is 27.2 Å². The highest BCUT2D eigenvalue weighted by Crippen LogP contribution is 2.13. The minimum Gasteiger partial charge on any atom is -0.468 e. The van der Waals surface area contributed by atoms with Crippen LogP contribution in [0.15, 0.2) is 0 Å². The molecule has 1 N–H and O–H groups in total. The van der Waals surface area contributed by atoms with Crippen molar-refractivity contribution in [2.24, 2.45) is 0 Å². The van der Waals surface area contributed by atoms with E-state index in [1.165, 1.54) is 7.11 Å². The Labute approximate surface area is 117 Å². The molecule has 0 radical (unpaired) electrons. The van der Waals surface area contributed by atoms with Crippen molar-refractivity contribution in [2.75, 3.05) is 46.9 Å². The number of nitrogens with one attached hydrogen (secondary N) is 1. The molecule has 0 aromatic rings. The Bertz CT molecular complexity index is 296. The second-order valence-corrected chi connectivity index (χ2v) is 6.06. The van der Waals surface area contributed by atoms with Gasteiger partial charge < -0.3 is 9.64 Å². The molecule has 1 aliphatic heterocycles. The molecule has 0 aliphatic carbocycles. The summed E-state index contributed by atoms with van der Waals surface area (Å²) in [6.07, 6.45) is 1.15. The standard InChI is InChI=1S/C14H29N3O2/c1-12(2)15-14(3,13(18)19-5)11-17-8-6-7-16(4)9-10-17/h12,15H,6-11H2,1-5H3. The van der Waals surface area contributed by atoms with Crippen LogP contribution >= 0.6 is 0 Å². The maximum absolute atomic E-state index is 12.1. The van der Waals surface area contributed by atoms with Gasteiger partial charge in [-0.15, -0.1) is 0 Å². The predicted octanol–water partition coefficient (Wildman–Crippen LogP) is 0.554. The SMILES string of the molecule is COC(=O)C(C)(CN1CCCN(C)CC1)NC(C)C. The number of nitrogens with zero attached hydrogens (tertiary/aromatic N) is 2.